The number of unbranched alkanes of at least 4 members (excludes halogenated alkanes) is 3. The number of hydrogen-bond acceptors (Lipinski definition) is 2. The van der Waals surface area contributed by atoms with Crippen LogP contribution in [0, 0.1) is 5.92 Å². The highest BCUT2D eigenvalue weighted by molar-refractivity contribution is 5.14. The lowest BCUT2D eigenvalue weighted by atomic mass is 9.66. The molecular weight excluding hydrogens is 342 g/mol. The first-order chi connectivity index (χ1) is 13.8. The predicted octanol–water partition coefficient (Wildman–Crippen LogP) is 6.73. The summed E-state index contributed by atoms with van der Waals surface area (Å²) in [6, 6.07) is 12.2. The lowest BCUT2D eigenvalue weighted by Gasteiger charge is -2.56. The van der Waals surface area contributed by atoms with Crippen LogP contribution in [-0.2, 0) is 11.3 Å². The molecule has 2 aliphatic heterocycles. The minimum atomic E-state index is 0.534. The van der Waals surface area contributed by atoms with Gasteiger partial charge in [0.1, 0.15) is 0 Å². The van der Waals surface area contributed by atoms with Gasteiger partial charge in [-0.2, -0.15) is 0 Å². The summed E-state index contributed by atoms with van der Waals surface area (Å²) in [5.74, 6) is 0.965. The van der Waals surface area contributed by atoms with Gasteiger partial charge in [0.05, 0.1) is 13.2 Å². The molecule has 4 atom stereocenters. The summed E-state index contributed by atoms with van der Waals surface area (Å²) in [5.41, 5.74) is 1.84. The molecule has 3 fully saturated rings. The van der Waals surface area contributed by atoms with Crippen molar-refractivity contribution >= 4 is 0 Å². The van der Waals surface area contributed by atoms with Crippen molar-refractivity contribution in [1.82, 2.24) is 4.90 Å². The van der Waals surface area contributed by atoms with Crippen LogP contribution in [0.5, 0.6) is 0 Å². The molecule has 0 amide bonds. The Hall–Kier alpha value is -0.860. The molecule has 4 rings (SSSR count). The van der Waals surface area contributed by atoms with Crippen LogP contribution in [0.25, 0.3) is 0 Å². The van der Waals surface area contributed by atoms with E-state index in [2.05, 4.69) is 42.2 Å². The molecule has 2 saturated heterocycles. The molecule has 2 heterocycles. The van der Waals surface area contributed by atoms with Crippen molar-refractivity contribution in [1.29, 1.82) is 0 Å². The zero-order valence-electron chi connectivity index (χ0n) is 18.1. The minimum absolute atomic E-state index is 0.534. The molecule has 1 aromatic carbocycles. The summed E-state index contributed by atoms with van der Waals surface area (Å²) in [6.45, 7) is 4.01. The van der Waals surface area contributed by atoms with Crippen LogP contribution in [0.3, 0.4) is 0 Å². The van der Waals surface area contributed by atoms with Crippen molar-refractivity contribution in [3.63, 3.8) is 0 Å². The fraction of sp³-hybridized carbons (Fsp3) is 0.769. The lowest BCUT2D eigenvalue weighted by molar-refractivity contribution is -0.0779. The highest BCUT2D eigenvalue weighted by Gasteiger charge is 2.55. The van der Waals surface area contributed by atoms with E-state index in [-0.39, 0.29) is 0 Å². The summed E-state index contributed by atoms with van der Waals surface area (Å²) in [7, 11) is 0. The molecule has 1 aliphatic carbocycles. The van der Waals surface area contributed by atoms with Gasteiger partial charge in [0.25, 0.3) is 0 Å². The molecule has 0 unspecified atom stereocenters. The Kier molecular flexibility index (Phi) is 7.12. The maximum atomic E-state index is 6.28. The smallest absolute Gasteiger partial charge is 0.0717 e. The van der Waals surface area contributed by atoms with Crippen LogP contribution in [0.15, 0.2) is 30.3 Å². The average molecular weight is 384 g/mol. The van der Waals surface area contributed by atoms with Gasteiger partial charge in [-0.3, -0.25) is 4.90 Å². The predicted molar refractivity (Wildman–Crippen MR) is 117 cm³/mol. The van der Waals surface area contributed by atoms with E-state index in [4.69, 9.17) is 4.74 Å². The molecular formula is C26H41NO. The molecule has 0 bridgehead atoms. The van der Waals surface area contributed by atoms with E-state index in [1.807, 2.05) is 0 Å². The monoisotopic (exact) mass is 383 g/mol. The van der Waals surface area contributed by atoms with Gasteiger partial charge in [0.2, 0.25) is 0 Å². The first-order valence-electron chi connectivity index (χ1n) is 12.2. The van der Waals surface area contributed by atoms with Gasteiger partial charge in [0.15, 0.2) is 0 Å². The second-order valence-electron chi connectivity index (χ2n) is 9.73. The van der Waals surface area contributed by atoms with Crippen molar-refractivity contribution < 1.29 is 4.74 Å². The van der Waals surface area contributed by atoms with Crippen LogP contribution in [0.1, 0.15) is 96.0 Å². The number of piperidine rings is 1. The third kappa shape index (κ3) is 4.33. The largest absolute Gasteiger partial charge is 0.375 e. The van der Waals surface area contributed by atoms with Gasteiger partial charge in [-0.25, -0.2) is 0 Å². The Bertz CT molecular complexity index is 587. The third-order valence-corrected chi connectivity index (χ3v) is 8.04. The summed E-state index contributed by atoms with van der Waals surface area (Å²) in [5, 5.41) is 0. The van der Waals surface area contributed by atoms with Crippen LogP contribution in [-0.4, -0.2) is 29.1 Å². The molecule has 3 aliphatic rings. The summed E-state index contributed by atoms with van der Waals surface area (Å²) >= 11 is 0. The fourth-order valence-corrected chi connectivity index (χ4v) is 6.76. The van der Waals surface area contributed by atoms with E-state index in [9.17, 15) is 0 Å². The van der Waals surface area contributed by atoms with Crippen LogP contribution < -0.4 is 0 Å². The van der Waals surface area contributed by atoms with Crippen molar-refractivity contribution in [3.8, 4) is 0 Å². The zero-order valence-corrected chi connectivity index (χ0v) is 18.1. The van der Waals surface area contributed by atoms with Gasteiger partial charge in [-0.15, -0.1) is 0 Å². The third-order valence-electron chi connectivity index (χ3n) is 8.04. The number of ether oxygens (including phenoxy) is 1. The van der Waals surface area contributed by atoms with Crippen LogP contribution in [0.4, 0.5) is 0 Å². The van der Waals surface area contributed by atoms with E-state index in [0.29, 0.717) is 11.6 Å². The van der Waals surface area contributed by atoms with Crippen molar-refractivity contribution in [2.45, 2.75) is 115 Å². The Morgan fingerprint density at radius 3 is 2.68 bits per heavy atom. The second kappa shape index (κ2) is 9.76. The molecule has 156 valence electrons. The molecule has 0 radical (unpaired) electrons. The van der Waals surface area contributed by atoms with Gasteiger partial charge >= 0.3 is 0 Å². The molecule has 0 aromatic heterocycles. The molecule has 1 aromatic rings. The Labute approximate surface area is 173 Å². The molecule has 2 heteroatoms. The first kappa shape index (κ1) is 20.4. The SMILES string of the molecule is CCCCCC[C@@H]1CC[C@@H]2CCCC[C@]23CC[C@H](COCc2ccccc2)N13. The molecule has 2 nitrogen and oxygen atoms in total. The first-order valence-corrected chi connectivity index (χ1v) is 12.2. The van der Waals surface area contributed by atoms with Gasteiger partial charge in [-0.05, 0) is 56.4 Å². The van der Waals surface area contributed by atoms with E-state index < -0.39 is 0 Å². The summed E-state index contributed by atoms with van der Waals surface area (Å²) in [6.07, 6.45) is 18.6. The van der Waals surface area contributed by atoms with E-state index in [1.54, 1.807) is 0 Å². The number of nitrogens with zero attached hydrogens (tertiary/aromatic N) is 1. The zero-order chi connectivity index (χ0) is 19.2. The van der Waals surface area contributed by atoms with E-state index in [0.717, 1.165) is 25.2 Å². The fourth-order valence-electron chi connectivity index (χ4n) is 6.76. The number of rotatable bonds is 9. The van der Waals surface area contributed by atoms with Gasteiger partial charge in [0, 0.05) is 17.6 Å². The van der Waals surface area contributed by atoms with Gasteiger partial charge < -0.3 is 4.74 Å². The molecule has 28 heavy (non-hydrogen) atoms. The van der Waals surface area contributed by atoms with E-state index in [1.165, 1.54) is 89.0 Å². The van der Waals surface area contributed by atoms with Crippen molar-refractivity contribution in [2.24, 2.45) is 5.92 Å². The Morgan fingerprint density at radius 2 is 1.82 bits per heavy atom. The number of hydrogen-bond donors (Lipinski definition) is 0. The summed E-state index contributed by atoms with van der Waals surface area (Å²) in [4.78, 5) is 3.05. The Morgan fingerprint density at radius 1 is 0.929 bits per heavy atom. The Balaban J connectivity index is 1.41. The van der Waals surface area contributed by atoms with Crippen molar-refractivity contribution in [3.05, 3.63) is 35.9 Å². The lowest BCUT2D eigenvalue weighted by Crippen LogP contribution is -2.61. The van der Waals surface area contributed by atoms with Crippen LogP contribution >= 0.6 is 0 Å². The second-order valence-corrected chi connectivity index (χ2v) is 9.73. The molecule has 0 N–H and O–H groups in total. The molecule has 1 spiro atoms. The maximum absolute atomic E-state index is 6.28. The van der Waals surface area contributed by atoms with Crippen LogP contribution in [0.2, 0.25) is 0 Å². The topological polar surface area (TPSA) is 12.5 Å². The quantitative estimate of drug-likeness (QED) is 0.438. The van der Waals surface area contributed by atoms with Crippen molar-refractivity contribution in [2.75, 3.05) is 6.61 Å². The highest BCUT2D eigenvalue weighted by Crippen LogP contribution is 2.54. The number of benzene rings is 1. The standard InChI is InChI=1S/C26H41NO/c1-2-3-4-8-14-24-16-15-23-13-9-10-18-26(23)19-17-25(27(24)26)21-28-20-22-11-6-5-7-12-22/h5-7,11-12,23-25H,2-4,8-10,13-21H2,1H3/t23-,24+,25+,26-/m0/s1. The minimum Gasteiger partial charge on any atom is -0.375 e. The molecule has 1 saturated carbocycles. The maximum Gasteiger partial charge on any atom is 0.0717 e. The normalized spacial score (nSPS) is 32.8. The summed E-state index contributed by atoms with van der Waals surface area (Å²) < 4.78 is 6.28. The average Bonchev–Trinajstić information content (AvgIpc) is 3.10. The van der Waals surface area contributed by atoms with Gasteiger partial charge in [-0.1, -0.05) is 75.8 Å². The van der Waals surface area contributed by atoms with E-state index >= 15 is 0 Å². The highest BCUT2D eigenvalue weighted by atomic mass is 16.5.